The number of anilines is 2. The highest BCUT2D eigenvalue weighted by atomic mass is 16.2. The Morgan fingerprint density at radius 3 is 2.48 bits per heavy atom. The number of benzene rings is 2. The molecule has 1 heterocycles. The van der Waals surface area contributed by atoms with Crippen LogP contribution in [-0.2, 0) is 9.59 Å². The largest absolute Gasteiger partial charge is 0.360 e. The first kappa shape index (κ1) is 16.4. The predicted octanol–water partition coefficient (Wildman–Crippen LogP) is 2.88. The number of para-hydroxylation sites is 1. The molecular weight excluding hydrogens is 318 g/mol. The fourth-order valence-electron chi connectivity index (χ4n) is 2.54. The zero-order valence-corrected chi connectivity index (χ0v) is 13.9. The van der Waals surface area contributed by atoms with Gasteiger partial charge in [0, 0.05) is 11.9 Å². The first-order valence-corrected chi connectivity index (χ1v) is 7.76. The van der Waals surface area contributed by atoms with Crippen molar-refractivity contribution in [2.45, 2.75) is 13.8 Å². The van der Waals surface area contributed by atoms with Crippen LogP contribution in [0.25, 0.3) is 0 Å². The van der Waals surface area contributed by atoms with Gasteiger partial charge in [-0.05, 0) is 43.2 Å². The minimum Gasteiger partial charge on any atom is -0.360 e. The highest BCUT2D eigenvalue weighted by Gasteiger charge is 2.36. The monoisotopic (exact) mass is 335 g/mol. The Bertz CT molecular complexity index is 902. The molecule has 0 spiro atoms. The second kappa shape index (κ2) is 6.60. The average molecular weight is 335 g/mol. The van der Waals surface area contributed by atoms with E-state index in [4.69, 9.17) is 0 Å². The Hall–Kier alpha value is -3.41. The number of hydrogen-bond donors (Lipinski definition) is 2. The molecule has 126 valence electrons. The number of barbiturate groups is 1. The van der Waals surface area contributed by atoms with Crippen LogP contribution in [0, 0.1) is 13.8 Å². The second-order valence-electron chi connectivity index (χ2n) is 5.76. The molecule has 6 nitrogen and oxygen atoms in total. The SMILES string of the molecule is Cc1cccc(N2C(=O)NC(=O)/C(=C\Nc3ccccc3C)C2=O)c1. The molecule has 25 heavy (non-hydrogen) atoms. The zero-order valence-electron chi connectivity index (χ0n) is 13.9. The number of amides is 4. The van der Waals surface area contributed by atoms with Crippen molar-refractivity contribution >= 4 is 29.2 Å². The molecule has 0 bridgehead atoms. The Kier molecular flexibility index (Phi) is 4.35. The van der Waals surface area contributed by atoms with Crippen molar-refractivity contribution in [1.82, 2.24) is 5.32 Å². The van der Waals surface area contributed by atoms with E-state index in [-0.39, 0.29) is 5.57 Å². The van der Waals surface area contributed by atoms with Gasteiger partial charge in [0.15, 0.2) is 0 Å². The zero-order chi connectivity index (χ0) is 18.0. The molecule has 0 aromatic heterocycles. The fourth-order valence-corrected chi connectivity index (χ4v) is 2.54. The number of carbonyl (C=O) groups is 3. The summed E-state index contributed by atoms with van der Waals surface area (Å²) in [6.07, 6.45) is 1.33. The molecule has 0 saturated carbocycles. The smallest absolute Gasteiger partial charge is 0.335 e. The van der Waals surface area contributed by atoms with Crippen molar-refractivity contribution in [3.05, 3.63) is 71.4 Å². The van der Waals surface area contributed by atoms with E-state index in [2.05, 4.69) is 10.6 Å². The summed E-state index contributed by atoms with van der Waals surface area (Å²) in [5.74, 6) is -1.39. The molecular formula is C19H17N3O3. The summed E-state index contributed by atoms with van der Waals surface area (Å²) in [5.41, 5.74) is 2.92. The van der Waals surface area contributed by atoms with Gasteiger partial charge in [0.25, 0.3) is 11.8 Å². The molecule has 2 aromatic rings. The molecule has 0 unspecified atom stereocenters. The number of carbonyl (C=O) groups excluding carboxylic acids is 3. The minimum absolute atomic E-state index is 0.135. The lowest BCUT2D eigenvalue weighted by Gasteiger charge is -2.26. The lowest BCUT2D eigenvalue weighted by atomic mass is 10.1. The van der Waals surface area contributed by atoms with Gasteiger partial charge in [0.2, 0.25) is 0 Å². The number of imide groups is 2. The summed E-state index contributed by atoms with van der Waals surface area (Å²) in [6.45, 7) is 3.77. The van der Waals surface area contributed by atoms with Crippen LogP contribution >= 0.6 is 0 Å². The van der Waals surface area contributed by atoms with Crippen LogP contribution in [0.5, 0.6) is 0 Å². The van der Waals surface area contributed by atoms with Gasteiger partial charge in [0.1, 0.15) is 5.57 Å². The lowest BCUT2D eigenvalue weighted by molar-refractivity contribution is -0.122. The first-order valence-electron chi connectivity index (χ1n) is 7.76. The van der Waals surface area contributed by atoms with Crippen molar-refractivity contribution in [1.29, 1.82) is 0 Å². The standard InChI is InChI=1S/C19H17N3O3/c1-12-6-5-8-14(10-12)22-18(24)15(17(23)21-19(22)25)11-20-16-9-4-3-7-13(16)2/h3-11,20H,1-2H3,(H,21,23,25)/b15-11+. The third-order valence-corrected chi connectivity index (χ3v) is 3.88. The maximum atomic E-state index is 12.7. The van der Waals surface area contributed by atoms with E-state index in [0.29, 0.717) is 5.69 Å². The molecule has 2 N–H and O–H groups in total. The molecule has 0 radical (unpaired) electrons. The van der Waals surface area contributed by atoms with Gasteiger partial charge < -0.3 is 5.32 Å². The van der Waals surface area contributed by atoms with Crippen molar-refractivity contribution in [2.24, 2.45) is 0 Å². The summed E-state index contributed by atoms with van der Waals surface area (Å²) in [4.78, 5) is 37.9. The number of rotatable bonds is 3. The highest BCUT2D eigenvalue weighted by Crippen LogP contribution is 2.22. The third kappa shape index (κ3) is 3.28. The van der Waals surface area contributed by atoms with E-state index >= 15 is 0 Å². The van der Waals surface area contributed by atoms with Gasteiger partial charge in [-0.2, -0.15) is 0 Å². The van der Waals surface area contributed by atoms with E-state index in [1.165, 1.54) is 6.20 Å². The van der Waals surface area contributed by atoms with E-state index in [0.717, 1.165) is 21.7 Å². The van der Waals surface area contributed by atoms with Gasteiger partial charge in [-0.1, -0.05) is 30.3 Å². The van der Waals surface area contributed by atoms with E-state index in [1.807, 2.05) is 44.2 Å². The van der Waals surface area contributed by atoms with Gasteiger partial charge in [0.05, 0.1) is 5.69 Å². The molecule has 1 fully saturated rings. The van der Waals surface area contributed by atoms with Crippen LogP contribution < -0.4 is 15.5 Å². The summed E-state index contributed by atoms with van der Waals surface area (Å²) >= 11 is 0. The molecule has 2 aromatic carbocycles. The molecule has 0 atom stereocenters. The maximum absolute atomic E-state index is 12.7. The van der Waals surface area contributed by atoms with Crippen molar-refractivity contribution in [3.8, 4) is 0 Å². The van der Waals surface area contributed by atoms with Crippen LogP contribution in [-0.4, -0.2) is 17.8 Å². The first-order chi connectivity index (χ1) is 12.0. The Balaban J connectivity index is 1.93. The third-order valence-electron chi connectivity index (χ3n) is 3.88. The van der Waals surface area contributed by atoms with Gasteiger partial charge in [-0.3, -0.25) is 14.9 Å². The van der Waals surface area contributed by atoms with Crippen LogP contribution in [0.1, 0.15) is 11.1 Å². The van der Waals surface area contributed by atoms with Gasteiger partial charge >= 0.3 is 6.03 Å². The molecule has 1 aliphatic heterocycles. The highest BCUT2D eigenvalue weighted by molar-refractivity contribution is 6.37. The number of aryl methyl sites for hydroxylation is 2. The molecule has 1 aliphatic rings. The van der Waals surface area contributed by atoms with Gasteiger partial charge in [-0.25, -0.2) is 9.69 Å². The summed E-state index contributed by atoms with van der Waals surface area (Å²) in [5, 5.41) is 5.16. The fraction of sp³-hybridized carbons (Fsp3) is 0.105. The molecule has 0 aliphatic carbocycles. The van der Waals surface area contributed by atoms with Crippen molar-refractivity contribution < 1.29 is 14.4 Å². The normalized spacial score (nSPS) is 16.2. The van der Waals surface area contributed by atoms with E-state index < -0.39 is 17.8 Å². The number of nitrogens with one attached hydrogen (secondary N) is 2. The number of nitrogens with zero attached hydrogens (tertiary/aromatic N) is 1. The van der Waals surface area contributed by atoms with Crippen molar-refractivity contribution in [3.63, 3.8) is 0 Å². The molecule has 1 saturated heterocycles. The Labute approximate surface area is 145 Å². The van der Waals surface area contributed by atoms with Gasteiger partial charge in [-0.15, -0.1) is 0 Å². The summed E-state index contributed by atoms with van der Waals surface area (Å²) in [6, 6.07) is 13.7. The predicted molar refractivity (Wildman–Crippen MR) is 95.1 cm³/mol. The Morgan fingerprint density at radius 1 is 1.00 bits per heavy atom. The number of urea groups is 1. The minimum atomic E-state index is -0.756. The van der Waals surface area contributed by atoms with Crippen LogP contribution in [0.4, 0.5) is 16.2 Å². The molecule has 4 amide bonds. The van der Waals surface area contributed by atoms with Crippen LogP contribution in [0.3, 0.4) is 0 Å². The van der Waals surface area contributed by atoms with E-state index in [9.17, 15) is 14.4 Å². The lowest BCUT2D eigenvalue weighted by Crippen LogP contribution is -2.54. The summed E-state index contributed by atoms with van der Waals surface area (Å²) < 4.78 is 0. The van der Waals surface area contributed by atoms with Crippen molar-refractivity contribution in [2.75, 3.05) is 10.2 Å². The molecule has 6 heteroatoms. The second-order valence-corrected chi connectivity index (χ2v) is 5.76. The molecule has 3 rings (SSSR count). The van der Waals surface area contributed by atoms with Crippen LogP contribution in [0.15, 0.2) is 60.3 Å². The number of hydrogen-bond acceptors (Lipinski definition) is 4. The average Bonchev–Trinajstić information content (AvgIpc) is 2.56. The quantitative estimate of drug-likeness (QED) is 0.668. The topological polar surface area (TPSA) is 78.5 Å². The Morgan fingerprint density at radius 2 is 1.76 bits per heavy atom. The summed E-state index contributed by atoms with van der Waals surface area (Å²) in [7, 11) is 0. The van der Waals surface area contributed by atoms with E-state index in [1.54, 1.807) is 18.2 Å². The maximum Gasteiger partial charge on any atom is 0.335 e. The van der Waals surface area contributed by atoms with Crippen LogP contribution in [0.2, 0.25) is 0 Å².